The van der Waals surface area contributed by atoms with Crippen LogP contribution in [0.25, 0.3) is 0 Å². The molecule has 0 amide bonds. The predicted octanol–water partition coefficient (Wildman–Crippen LogP) is 3.31. The van der Waals surface area contributed by atoms with Crippen LogP contribution in [0.5, 0.6) is 0 Å². The van der Waals surface area contributed by atoms with Crippen LogP contribution in [-0.4, -0.2) is 21.8 Å². The molecular weight excluding hydrogens is 228 g/mol. The van der Waals surface area contributed by atoms with Gasteiger partial charge < -0.3 is 10.2 Å². The highest BCUT2D eigenvalue weighted by Gasteiger charge is 2.46. The fraction of sp³-hybridized carbons (Fsp3) is 0.933. The lowest BCUT2D eigenvalue weighted by Gasteiger charge is -2.42. The van der Waals surface area contributed by atoms with Gasteiger partial charge in [0, 0.05) is 0 Å². The summed E-state index contributed by atoms with van der Waals surface area (Å²) in [7, 11) is 0. The molecule has 0 aromatic carbocycles. The van der Waals surface area contributed by atoms with Crippen LogP contribution in [0.3, 0.4) is 0 Å². The van der Waals surface area contributed by atoms with Gasteiger partial charge in [0.05, 0.1) is 11.5 Å². The largest absolute Gasteiger partial charge is 0.481 e. The van der Waals surface area contributed by atoms with E-state index < -0.39 is 17.5 Å². The van der Waals surface area contributed by atoms with E-state index in [1.165, 1.54) is 0 Å². The van der Waals surface area contributed by atoms with E-state index in [9.17, 15) is 15.0 Å². The summed E-state index contributed by atoms with van der Waals surface area (Å²) in [6, 6.07) is 0. The quantitative estimate of drug-likeness (QED) is 0.793. The molecule has 0 aliphatic heterocycles. The van der Waals surface area contributed by atoms with Crippen LogP contribution in [-0.2, 0) is 4.79 Å². The Morgan fingerprint density at radius 1 is 1.33 bits per heavy atom. The SMILES string of the molecule is CC(C)CC1CCCC(O)(C(C(=O)O)C(C)C)C1. The third-order valence-corrected chi connectivity index (χ3v) is 4.18. The molecular formula is C15H28O3. The van der Waals surface area contributed by atoms with Gasteiger partial charge in [-0.15, -0.1) is 0 Å². The second-order valence-electron chi connectivity index (χ2n) is 6.76. The summed E-state index contributed by atoms with van der Waals surface area (Å²) < 4.78 is 0. The van der Waals surface area contributed by atoms with Crippen molar-refractivity contribution in [1.82, 2.24) is 0 Å². The minimum atomic E-state index is -1.00. The molecule has 1 rings (SSSR count). The zero-order chi connectivity index (χ0) is 13.9. The molecule has 0 heterocycles. The summed E-state index contributed by atoms with van der Waals surface area (Å²) >= 11 is 0. The number of carboxylic acid groups (broad SMARTS) is 1. The van der Waals surface area contributed by atoms with Crippen LogP contribution in [0.2, 0.25) is 0 Å². The lowest BCUT2D eigenvalue weighted by molar-refractivity contribution is -0.160. The molecule has 3 atom stereocenters. The molecule has 3 heteroatoms. The van der Waals surface area contributed by atoms with Gasteiger partial charge in [0.25, 0.3) is 0 Å². The summed E-state index contributed by atoms with van der Waals surface area (Å²) in [6.45, 7) is 8.15. The van der Waals surface area contributed by atoms with Crippen molar-refractivity contribution in [3.63, 3.8) is 0 Å². The van der Waals surface area contributed by atoms with Gasteiger partial charge >= 0.3 is 5.97 Å². The van der Waals surface area contributed by atoms with E-state index >= 15 is 0 Å². The highest BCUT2D eigenvalue weighted by molar-refractivity contribution is 5.71. The number of rotatable bonds is 5. The normalized spacial score (nSPS) is 30.7. The van der Waals surface area contributed by atoms with Gasteiger partial charge in [-0.25, -0.2) is 0 Å². The first-order chi connectivity index (χ1) is 8.26. The van der Waals surface area contributed by atoms with Crippen molar-refractivity contribution >= 4 is 5.97 Å². The van der Waals surface area contributed by atoms with E-state index in [1.807, 2.05) is 13.8 Å². The van der Waals surface area contributed by atoms with Gasteiger partial charge in [0.15, 0.2) is 0 Å². The first-order valence-electron chi connectivity index (χ1n) is 7.21. The molecule has 0 radical (unpaired) electrons. The number of hydrogen-bond donors (Lipinski definition) is 2. The molecule has 1 saturated carbocycles. The molecule has 1 aliphatic carbocycles. The highest BCUT2D eigenvalue weighted by Crippen LogP contribution is 2.42. The van der Waals surface area contributed by atoms with E-state index in [0.29, 0.717) is 24.7 Å². The molecule has 0 aromatic rings. The molecule has 1 fully saturated rings. The zero-order valence-corrected chi connectivity index (χ0v) is 12.1. The van der Waals surface area contributed by atoms with Crippen LogP contribution in [0, 0.1) is 23.7 Å². The Labute approximate surface area is 111 Å². The number of aliphatic carboxylic acids is 1. The van der Waals surface area contributed by atoms with Crippen LogP contribution >= 0.6 is 0 Å². The molecule has 0 aromatic heterocycles. The second kappa shape index (κ2) is 6.05. The van der Waals surface area contributed by atoms with Crippen molar-refractivity contribution in [2.24, 2.45) is 23.7 Å². The Bertz CT molecular complexity index is 285. The summed E-state index contributed by atoms with van der Waals surface area (Å²) in [5.74, 6) is -0.417. The predicted molar refractivity (Wildman–Crippen MR) is 72.3 cm³/mol. The van der Waals surface area contributed by atoms with Crippen molar-refractivity contribution in [2.75, 3.05) is 0 Å². The fourth-order valence-electron chi connectivity index (χ4n) is 3.69. The van der Waals surface area contributed by atoms with Crippen molar-refractivity contribution in [3.8, 4) is 0 Å². The molecule has 0 bridgehead atoms. The van der Waals surface area contributed by atoms with Gasteiger partial charge in [-0.3, -0.25) is 4.79 Å². The minimum absolute atomic E-state index is 0.0229. The molecule has 106 valence electrons. The number of carboxylic acids is 1. The second-order valence-corrected chi connectivity index (χ2v) is 6.76. The van der Waals surface area contributed by atoms with E-state index in [1.54, 1.807) is 0 Å². The standard InChI is InChI=1S/C15H28O3/c1-10(2)8-12-6-5-7-15(18,9-12)13(11(3)4)14(16)17/h10-13,18H,5-9H2,1-4H3,(H,16,17). The van der Waals surface area contributed by atoms with Crippen LogP contribution in [0.15, 0.2) is 0 Å². The van der Waals surface area contributed by atoms with E-state index in [0.717, 1.165) is 19.3 Å². The molecule has 0 spiro atoms. The monoisotopic (exact) mass is 256 g/mol. The Morgan fingerprint density at radius 2 is 1.94 bits per heavy atom. The number of hydrogen-bond acceptors (Lipinski definition) is 2. The van der Waals surface area contributed by atoms with Gasteiger partial charge in [-0.05, 0) is 37.0 Å². The average molecular weight is 256 g/mol. The molecule has 2 N–H and O–H groups in total. The van der Waals surface area contributed by atoms with Crippen molar-refractivity contribution in [1.29, 1.82) is 0 Å². The highest BCUT2D eigenvalue weighted by atomic mass is 16.4. The Kier molecular flexibility index (Phi) is 5.20. The van der Waals surface area contributed by atoms with Crippen LogP contribution in [0.4, 0.5) is 0 Å². The summed E-state index contributed by atoms with van der Waals surface area (Å²) in [5, 5.41) is 20.1. The molecule has 0 saturated heterocycles. The first kappa shape index (κ1) is 15.5. The Morgan fingerprint density at radius 3 is 2.39 bits per heavy atom. The van der Waals surface area contributed by atoms with Crippen LogP contribution in [0.1, 0.15) is 59.8 Å². The van der Waals surface area contributed by atoms with Crippen molar-refractivity contribution < 1.29 is 15.0 Å². The molecule has 18 heavy (non-hydrogen) atoms. The lowest BCUT2D eigenvalue weighted by Crippen LogP contribution is -2.48. The summed E-state index contributed by atoms with van der Waals surface area (Å²) in [6.07, 6.45) is 4.46. The third kappa shape index (κ3) is 3.71. The maximum Gasteiger partial charge on any atom is 0.309 e. The maximum atomic E-state index is 11.4. The number of carbonyl (C=O) groups is 1. The fourth-order valence-corrected chi connectivity index (χ4v) is 3.69. The first-order valence-corrected chi connectivity index (χ1v) is 7.21. The topological polar surface area (TPSA) is 57.5 Å². The Balaban J connectivity index is 2.80. The van der Waals surface area contributed by atoms with Gasteiger partial charge in [0.2, 0.25) is 0 Å². The summed E-state index contributed by atoms with van der Waals surface area (Å²) in [4.78, 5) is 11.4. The van der Waals surface area contributed by atoms with E-state index in [-0.39, 0.29) is 5.92 Å². The van der Waals surface area contributed by atoms with E-state index in [2.05, 4.69) is 13.8 Å². The van der Waals surface area contributed by atoms with Crippen LogP contribution < -0.4 is 0 Å². The van der Waals surface area contributed by atoms with Gasteiger partial charge in [0.1, 0.15) is 0 Å². The average Bonchev–Trinajstić information content (AvgIpc) is 2.13. The molecule has 3 unspecified atom stereocenters. The van der Waals surface area contributed by atoms with E-state index in [4.69, 9.17) is 0 Å². The van der Waals surface area contributed by atoms with Crippen molar-refractivity contribution in [2.45, 2.75) is 65.4 Å². The minimum Gasteiger partial charge on any atom is -0.481 e. The molecule has 3 nitrogen and oxygen atoms in total. The Hall–Kier alpha value is -0.570. The smallest absolute Gasteiger partial charge is 0.309 e. The number of aliphatic hydroxyl groups is 1. The summed E-state index contributed by atoms with van der Waals surface area (Å²) in [5.41, 5.74) is -1.00. The maximum absolute atomic E-state index is 11.4. The van der Waals surface area contributed by atoms with Gasteiger partial charge in [-0.1, -0.05) is 40.5 Å². The van der Waals surface area contributed by atoms with Crippen molar-refractivity contribution in [3.05, 3.63) is 0 Å². The van der Waals surface area contributed by atoms with Gasteiger partial charge in [-0.2, -0.15) is 0 Å². The third-order valence-electron chi connectivity index (χ3n) is 4.18. The lowest BCUT2D eigenvalue weighted by atomic mass is 9.67. The zero-order valence-electron chi connectivity index (χ0n) is 12.1. The molecule has 1 aliphatic rings.